The number of hydrogen-bond donors (Lipinski definition) is 0. The number of carbonyl (C=O) groups is 1. The Kier molecular flexibility index (Phi) is 7.75. The Balaban J connectivity index is 1.22. The molecule has 4 heterocycles. The maximum atomic E-state index is 14.0. The van der Waals surface area contributed by atoms with E-state index in [1.165, 1.54) is 18.5 Å². The third-order valence-electron chi connectivity index (χ3n) is 7.71. The van der Waals surface area contributed by atoms with Crippen LogP contribution in [0.5, 0.6) is 5.75 Å². The summed E-state index contributed by atoms with van der Waals surface area (Å²) in [5.74, 6) is 0.237. The normalized spacial score (nSPS) is 17.1. The van der Waals surface area contributed by atoms with E-state index in [-0.39, 0.29) is 35.2 Å². The highest BCUT2D eigenvalue weighted by Gasteiger charge is 2.35. The maximum Gasteiger partial charge on any atom is 0.419 e. The van der Waals surface area contributed by atoms with Gasteiger partial charge >= 0.3 is 6.18 Å². The number of nitriles is 1. The molecule has 2 aliphatic heterocycles. The van der Waals surface area contributed by atoms with Crippen LogP contribution < -0.4 is 4.74 Å². The van der Waals surface area contributed by atoms with Gasteiger partial charge in [-0.25, -0.2) is 9.97 Å². The highest BCUT2D eigenvalue weighted by atomic mass is 19.4. The molecule has 0 N–H and O–H groups in total. The van der Waals surface area contributed by atoms with Crippen molar-refractivity contribution in [1.29, 1.82) is 5.26 Å². The number of carbonyl (C=O) groups excluding carboxylic acids is 1. The summed E-state index contributed by atoms with van der Waals surface area (Å²) < 4.78 is 49.3. The summed E-state index contributed by atoms with van der Waals surface area (Å²) in [6.07, 6.45) is 1.47. The zero-order valence-electron chi connectivity index (χ0n) is 21.9. The molecule has 1 amide bonds. The van der Waals surface area contributed by atoms with E-state index in [2.05, 4.69) is 14.9 Å². The molecule has 5 rings (SSSR count). The molecule has 2 aliphatic rings. The summed E-state index contributed by atoms with van der Waals surface area (Å²) in [5.41, 5.74) is 0.676. The van der Waals surface area contributed by atoms with Crippen LogP contribution in [0.25, 0.3) is 22.3 Å². The molecule has 0 radical (unpaired) electrons. The molecule has 1 aromatic carbocycles. The van der Waals surface area contributed by atoms with Gasteiger partial charge in [0.2, 0.25) is 5.91 Å². The Morgan fingerprint density at radius 3 is 2.59 bits per heavy atom. The number of likely N-dealkylation sites (tertiary alicyclic amines) is 2. The standard InChI is InChI=1S/C28H31F3N6O2/c1-35-18-33-27-23(16-32)34-22(15-24(27)35)20-4-5-25(21(14-20)28(29,30)31)39-13-8-19-6-11-37(12-7-19)26(38)17-36-9-2-3-10-36/h4-5,14-15,18-19H,2-3,6-13,17H2,1H3. The zero-order chi connectivity index (χ0) is 27.6. The summed E-state index contributed by atoms with van der Waals surface area (Å²) in [5, 5.41) is 9.46. The van der Waals surface area contributed by atoms with Gasteiger partial charge in [-0.2, -0.15) is 18.4 Å². The molecule has 0 atom stereocenters. The number of benzene rings is 1. The van der Waals surface area contributed by atoms with Crippen molar-refractivity contribution in [2.75, 3.05) is 39.3 Å². The number of rotatable bonds is 7. The van der Waals surface area contributed by atoms with Crippen LogP contribution >= 0.6 is 0 Å². The SMILES string of the molecule is Cn1cnc2c(C#N)nc(-c3ccc(OCCC4CCN(C(=O)CN5CCCC5)CC4)c(C(F)(F)F)c3)cc21. The number of fused-ring (bicyclic) bond motifs is 1. The smallest absolute Gasteiger partial charge is 0.419 e. The number of hydrogen-bond acceptors (Lipinski definition) is 6. The van der Waals surface area contributed by atoms with Crippen LogP contribution in [0.3, 0.4) is 0 Å². The topological polar surface area (TPSA) is 87.3 Å². The van der Waals surface area contributed by atoms with Crippen molar-refractivity contribution in [3.63, 3.8) is 0 Å². The van der Waals surface area contributed by atoms with Gasteiger partial charge in [0.25, 0.3) is 0 Å². The van der Waals surface area contributed by atoms with Gasteiger partial charge in [0, 0.05) is 25.7 Å². The predicted molar refractivity (Wildman–Crippen MR) is 139 cm³/mol. The lowest BCUT2D eigenvalue weighted by Crippen LogP contribution is -2.43. The summed E-state index contributed by atoms with van der Waals surface area (Å²) in [7, 11) is 1.74. The van der Waals surface area contributed by atoms with E-state index in [4.69, 9.17) is 4.74 Å². The van der Waals surface area contributed by atoms with Gasteiger partial charge in [-0.15, -0.1) is 0 Å². The molecule has 0 aliphatic carbocycles. The molecule has 0 bridgehead atoms. The van der Waals surface area contributed by atoms with E-state index in [9.17, 15) is 23.2 Å². The Morgan fingerprint density at radius 1 is 1.15 bits per heavy atom. The average Bonchev–Trinajstić information content (AvgIpc) is 3.57. The number of halogens is 3. The fourth-order valence-electron chi connectivity index (χ4n) is 5.43. The molecule has 206 valence electrons. The van der Waals surface area contributed by atoms with Crippen LogP contribution in [0, 0.1) is 17.2 Å². The van der Waals surface area contributed by atoms with Crippen LogP contribution in [0.1, 0.15) is 43.4 Å². The Labute approximate surface area is 225 Å². The number of ether oxygens (including phenoxy) is 1. The summed E-state index contributed by atoms with van der Waals surface area (Å²) in [6, 6.07) is 7.47. The first-order valence-corrected chi connectivity index (χ1v) is 13.3. The molecular weight excluding hydrogens is 509 g/mol. The molecule has 0 saturated carbocycles. The van der Waals surface area contributed by atoms with E-state index in [0.717, 1.165) is 44.8 Å². The van der Waals surface area contributed by atoms with Crippen molar-refractivity contribution < 1.29 is 22.7 Å². The second kappa shape index (κ2) is 11.2. The molecule has 2 fully saturated rings. The van der Waals surface area contributed by atoms with Crippen molar-refractivity contribution in [1.82, 2.24) is 24.3 Å². The molecule has 39 heavy (non-hydrogen) atoms. The van der Waals surface area contributed by atoms with Crippen LogP contribution in [-0.2, 0) is 18.0 Å². The largest absolute Gasteiger partial charge is 0.493 e. The van der Waals surface area contributed by atoms with E-state index in [1.807, 2.05) is 11.0 Å². The van der Waals surface area contributed by atoms with E-state index < -0.39 is 11.7 Å². The van der Waals surface area contributed by atoms with Gasteiger partial charge in [-0.1, -0.05) is 0 Å². The Bertz CT molecular complexity index is 1380. The molecule has 8 nitrogen and oxygen atoms in total. The fourth-order valence-corrected chi connectivity index (χ4v) is 5.43. The quantitative estimate of drug-likeness (QED) is 0.434. The summed E-state index contributed by atoms with van der Waals surface area (Å²) in [6.45, 7) is 3.96. The van der Waals surface area contributed by atoms with Gasteiger partial charge in [0.15, 0.2) is 5.69 Å². The van der Waals surface area contributed by atoms with Crippen LogP contribution in [0.4, 0.5) is 13.2 Å². The third-order valence-corrected chi connectivity index (χ3v) is 7.71. The van der Waals surface area contributed by atoms with Crippen LogP contribution in [0.15, 0.2) is 30.6 Å². The molecular formula is C28H31F3N6O2. The molecule has 11 heteroatoms. The number of nitrogens with zero attached hydrogens (tertiary/aromatic N) is 6. The lowest BCUT2D eigenvalue weighted by atomic mass is 9.94. The van der Waals surface area contributed by atoms with Crippen molar-refractivity contribution in [2.24, 2.45) is 13.0 Å². The number of imidazole rings is 1. The minimum absolute atomic E-state index is 0.0563. The fraction of sp³-hybridized carbons (Fsp3) is 0.500. The van der Waals surface area contributed by atoms with Gasteiger partial charge in [0.05, 0.1) is 36.3 Å². The third kappa shape index (κ3) is 6.01. The summed E-state index contributed by atoms with van der Waals surface area (Å²) >= 11 is 0. The molecule has 2 saturated heterocycles. The Morgan fingerprint density at radius 2 is 1.90 bits per heavy atom. The van der Waals surface area contributed by atoms with Crippen LogP contribution in [0.2, 0.25) is 0 Å². The van der Waals surface area contributed by atoms with E-state index in [1.54, 1.807) is 17.7 Å². The zero-order valence-corrected chi connectivity index (χ0v) is 21.9. The van der Waals surface area contributed by atoms with Crippen molar-refractivity contribution in [3.8, 4) is 23.1 Å². The monoisotopic (exact) mass is 540 g/mol. The molecule has 0 unspecified atom stereocenters. The Hall–Kier alpha value is -3.65. The molecule has 3 aromatic rings. The number of pyridine rings is 1. The van der Waals surface area contributed by atoms with Crippen molar-refractivity contribution in [2.45, 2.75) is 38.3 Å². The average molecular weight is 541 g/mol. The number of piperidine rings is 1. The number of alkyl halides is 3. The lowest BCUT2D eigenvalue weighted by molar-refractivity contribution is -0.139. The first-order valence-electron chi connectivity index (χ1n) is 13.3. The van der Waals surface area contributed by atoms with Crippen LogP contribution in [-0.4, -0.2) is 69.6 Å². The first kappa shape index (κ1) is 26.9. The van der Waals surface area contributed by atoms with Gasteiger partial charge in [-0.05, 0) is 75.4 Å². The van der Waals surface area contributed by atoms with E-state index in [0.29, 0.717) is 43.0 Å². The van der Waals surface area contributed by atoms with Gasteiger partial charge < -0.3 is 14.2 Å². The first-order chi connectivity index (χ1) is 18.7. The number of aromatic nitrogens is 3. The second-order valence-corrected chi connectivity index (χ2v) is 10.3. The number of amides is 1. The summed E-state index contributed by atoms with van der Waals surface area (Å²) in [4.78, 5) is 25.1. The maximum absolute atomic E-state index is 14.0. The lowest BCUT2D eigenvalue weighted by Gasteiger charge is -2.33. The van der Waals surface area contributed by atoms with Crippen molar-refractivity contribution >= 4 is 16.9 Å². The minimum Gasteiger partial charge on any atom is -0.493 e. The molecule has 0 spiro atoms. The van der Waals surface area contributed by atoms with Crippen molar-refractivity contribution in [3.05, 3.63) is 41.9 Å². The highest BCUT2D eigenvalue weighted by Crippen LogP contribution is 2.39. The van der Waals surface area contributed by atoms with E-state index >= 15 is 0 Å². The highest BCUT2D eigenvalue weighted by molar-refractivity contribution is 5.84. The minimum atomic E-state index is -4.62. The predicted octanol–water partition coefficient (Wildman–Crippen LogP) is 4.63. The van der Waals surface area contributed by atoms with Gasteiger partial charge in [-0.3, -0.25) is 9.69 Å². The van der Waals surface area contributed by atoms with Gasteiger partial charge in [0.1, 0.15) is 17.3 Å². The number of aryl methyl sites for hydroxylation is 1. The molecule has 2 aromatic heterocycles. The second-order valence-electron chi connectivity index (χ2n) is 10.3.